The summed E-state index contributed by atoms with van der Waals surface area (Å²) in [4.78, 5) is 15.8. The first kappa shape index (κ1) is 16.2. The maximum Gasteiger partial charge on any atom is 0.230 e. The van der Waals surface area contributed by atoms with Gasteiger partial charge in [-0.3, -0.25) is 4.79 Å². The summed E-state index contributed by atoms with van der Waals surface area (Å²) in [6.45, 7) is 0. The zero-order valence-electron chi connectivity index (χ0n) is 11.8. The Bertz CT molecular complexity index is 659. The molecular formula is C15H14ClN3O2S. The van der Waals surface area contributed by atoms with Crippen molar-refractivity contribution in [3.8, 4) is 5.75 Å². The van der Waals surface area contributed by atoms with E-state index >= 15 is 0 Å². The third-order valence-electron chi connectivity index (χ3n) is 2.76. The van der Waals surface area contributed by atoms with Crippen LogP contribution >= 0.6 is 23.8 Å². The lowest BCUT2D eigenvalue weighted by Gasteiger charge is -2.09. The highest BCUT2D eigenvalue weighted by molar-refractivity contribution is 7.80. The highest BCUT2D eigenvalue weighted by Crippen LogP contribution is 2.12. The van der Waals surface area contributed by atoms with Crippen LogP contribution in [0.4, 0.5) is 5.69 Å². The molecular weight excluding hydrogens is 322 g/mol. The molecule has 0 bridgehead atoms. The van der Waals surface area contributed by atoms with Gasteiger partial charge in [0.25, 0.3) is 0 Å². The fraction of sp³-hybridized carbons (Fsp3) is 0.133. The lowest BCUT2D eigenvalue weighted by atomic mass is 10.1. The molecule has 1 amide bonds. The van der Waals surface area contributed by atoms with Crippen LogP contribution in [0.15, 0.2) is 42.6 Å². The molecule has 0 saturated heterocycles. The maximum absolute atomic E-state index is 11.9. The summed E-state index contributed by atoms with van der Waals surface area (Å²) in [6.07, 6.45) is 1.76. The van der Waals surface area contributed by atoms with Crippen LogP contribution in [0.1, 0.15) is 5.56 Å². The van der Waals surface area contributed by atoms with E-state index < -0.39 is 0 Å². The van der Waals surface area contributed by atoms with E-state index in [4.69, 9.17) is 28.6 Å². The summed E-state index contributed by atoms with van der Waals surface area (Å²) in [7, 11) is 1.59. The second kappa shape index (κ2) is 7.72. The molecule has 0 unspecified atom stereocenters. The van der Waals surface area contributed by atoms with E-state index in [0.29, 0.717) is 10.8 Å². The highest BCUT2D eigenvalue weighted by Gasteiger charge is 2.06. The number of thiocarbonyl (C=S) groups is 1. The minimum Gasteiger partial charge on any atom is -0.497 e. The number of hydrogen-bond acceptors (Lipinski definition) is 4. The summed E-state index contributed by atoms with van der Waals surface area (Å²) in [5.74, 6) is 0.543. The first-order chi connectivity index (χ1) is 10.6. The van der Waals surface area contributed by atoms with E-state index in [0.717, 1.165) is 11.3 Å². The Morgan fingerprint density at radius 1 is 1.27 bits per heavy atom. The van der Waals surface area contributed by atoms with Gasteiger partial charge >= 0.3 is 0 Å². The van der Waals surface area contributed by atoms with Crippen molar-refractivity contribution >= 4 is 40.5 Å². The first-order valence-corrected chi connectivity index (χ1v) is 7.21. The second-order valence-corrected chi connectivity index (χ2v) is 5.19. The molecule has 0 aliphatic rings. The van der Waals surface area contributed by atoms with E-state index in [1.54, 1.807) is 31.4 Å². The predicted molar refractivity (Wildman–Crippen MR) is 90.3 cm³/mol. The summed E-state index contributed by atoms with van der Waals surface area (Å²) in [5, 5.41) is 6.07. The molecule has 2 rings (SSSR count). The molecule has 0 fully saturated rings. The molecule has 5 nitrogen and oxygen atoms in total. The predicted octanol–water partition coefficient (Wildman–Crippen LogP) is 2.80. The molecule has 2 N–H and O–H groups in total. The Balaban J connectivity index is 1.85. The van der Waals surface area contributed by atoms with E-state index in [9.17, 15) is 4.79 Å². The molecule has 114 valence electrons. The first-order valence-electron chi connectivity index (χ1n) is 6.42. The average molecular weight is 336 g/mol. The van der Waals surface area contributed by atoms with Gasteiger partial charge in [0.15, 0.2) is 5.11 Å². The molecule has 1 heterocycles. The van der Waals surface area contributed by atoms with Crippen molar-refractivity contribution in [2.75, 3.05) is 12.4 Å². The fourth-order valence-electron chi connectivity index (χ4n) is 1.71. The highest BCUT2D eigenvalue weighted by atomic mass is 35.5. The smallest absolute Gasteiger partial charge is 0.230 e. The van der Waals surface area contributed by atoms with Crippen LogP contribution in [0, 0.1) is 0 Å². The topological polar surface area (TPSA) is 63.2 Å². The number of nitrogens with one attached hydrogen (secondary N) is 2. The van der Waals surface area contributed by atoms with Crippen molar-refractivity contribution < 1.29 is 9.53 Å². The van der Waals surface area contributed by atoms with Crippen LogP contribution < -0.4 is 15.4 Å². The number of methoxy groups -OCH3 is 1. The van der Waals surface area contributed by atoms with E-state index in [-0.39, 0.29) is 17.4 Å². The summed E-state index contributed by atoms with van der Waals surface area (Å²) in [5.41, 5.74) is 1.52. The minimum absolute atomic E-state index is 0.204. The van der Waals surface area contributed by atoms with Crippen molar-refractivity contribution in [1.29, 1.82) is 0 Å². The Kier molecular flexibility index (Phi) is 5.68. The largest absolute Gasteiger partial charge is 0.497 e. The Morgan fingerprint density at radius 2 is 2.00 bits per heavy atom. The number of rotatable bonds is 4. The molecule has 0 spiro atoms. The monoisotopic (exact) mass is 335 g/mol. The Hall–Kier alpha value is -2.18. The molecule has 0 saturated carbocycles. The van der Waals surface area contributed by atoms with Crippen LogP contribution in [-0.4, -0.2) is 23.1 Å². The molecule has 2 aromatic rings. The number of aromatic nitrogens is 1. The number of carbonyl (C=O) groups is 1. The zero-order valence-corrected chi connectivity index (χ0v) is 13.4. The molecule has 0 aliphatic carbocycles. The van der Waals surface area contributed by atoms with Crippen molar-refractivity contribution in [3.63, 3.8) is 0 Å². The maximum atomic E-state index is 11.9. The van der Waals surface area contributed by atoms with E-state index in [1.807, 2.05) is 12.1 Å². The van der Waals surface area contributed by atoms with E-state index in [1.165, 1.54) is 6.20 Å². The molecule has 1 aromatic carbocycles. The molecule has 1 aromatic heterocycles. The SMILES string of the molecule is COc1ccc(CC(=O)NC(=S)Nc2ccc(Cl)nc2)cc1. The fourth-order valence-corrected chi connectivity index (χ4v) is 2.06. The number of ether oxygens (including phenoxy) is 1. The molecule has 0 aliphatic heterocycles. The number of nitrogens with zero attached hydrogens (tertiary/aromatic N) is 1. The van der Waals surface area contributed by atoms with Crippen LogP contribution in [0.2, 0.25) is 5.15 Å². The van der Waals surface area contributed by atoms with Gasteiger partial charge in [0, 0.05) is 0 Å². The van der Waals surface area contributed by atoms with Crippen molar-refractivity contribution in [2.24, 2.45) is 0 Å². The van der Waals surface area contributed by atoms with Crippen molar-refractivity contribution in [1.82, 2.24) is 10.3 Å². The number of anilines is 1. The number of hydrogen-bond donors (Lipinski definition) is 2. The molecule has 0 radical (unpaired) electrons. The zero-order chi connectivity index (χ0) is 15.9. The van der Waals surface area contributed by atoms with Gasteiger partial charge in [0.05, 0.1) is 25.4 Å². The quantitative estimate of drug-likeness (QED) is 0.664. The van der Waals surface area contributed by atoms with Gasteiger partial charge in [-0.15, -0.1) is 0 Å². The number of benzene rings is 1. The number of halogens is 1. The van der Waals surface area contributed by atoms with Crippen molar-refractivity contribution in [3.05, 3.63) is 53.3 Å². The standard InChI is InChI=1S/C15H14ClN3O2S/c1-21-12-5-2-10(3-6-12)8-14(20)19-15(22)18-11-4-7-13(16)17-9-11/h2-7,9H,8H2,1H3,(H2,18,19,20,22). The van der Waals surface area contributed by atoms with Gasteiger partial charge in [-0.05, 0) is 42.0 Å². The number of carbonyl (C=O) groups excluding carboxylic acids is 1. The van der Waals surface area contributed by atoms with Crippen LogP contribution in [0.25, 0.3) is 0 Å². The minimum atomic E-state index is -0.204. The van der Waals surface area contributed by atoms with Gasteiger partial charge < -0.3 is 15.4 Å². The molecule has 7 heteroatoms. The molecule has 0 atom stereocenters. The molecule has 22 heavy (non-hydrogen) atoms. The third kappa shape index (κ3) is 4.98. The van der Waals surface area contributed by atoms with Gasteiger partial charge in [-0.1, -0.05) is 23.7 Å². The lowest BCUT2D eigenvalue weighted by molar-refractivity contribution is -0.119. The normalized spacial score (nSPS) is 9.91. The number of pyridine rings is 1. The van der Waals surface area contributed by atoms with Crippen LogP contribution in [0.3, 0.4) is 0 Å². The van der Waals surface area contributed by atoms with Gasteiger partial charge in [-0.2, -0.15) is 0 Å². The lowest BCUT2D eigenvalue weighted by Crippen LogP contribution is -2.35. The van der Waals surface area contributed by atoms with Gasteiger partial charge in [-0.25, -0.2) is 4.98 Å². The van der Waals surface area contributed by atoms with Gasteiger partial charge in [0.2, 0.25) is 5.91 Å². The van der Waals surface area contributed by atoms with Gasteiger partial charge in [0.1, 0.15) is 10.9 Å². The van der Waals surface area contributed by atoms with E-state index in [2.05, 4.69) is 15.6 Å². The summed E-state index contributed by atoms with van der Waals surface area (Å²) >= 11 is 10.8. The Labute approximate surface area is 138 Å². The average Bonchev–Trinajstić information content (AvgIpc) is 2.50. The Morgan fingerprint density at radius 3 is 2.59 bits per heavy atom. The number of amides is 1. The van der Waals surface area contributed by atoms with Crippen LogP contribution in [-0.2, 0) is 11.2 Å². The van der Waals surface area contributed by atoms with Crippen LogP contribution in [0.5, 0.6) is 5.75 Å². The second-order valence-electron chi connectivity index (χ2n) is 4.40. The third-order valence-corrected chi connectivity index (χ3v) is 3.19. The summed E-state index contributed by atoms with van der Waals surface area (Å²) in [6, 6.07) is 10.6. The van der Waals surface area contributed by atoms with Crippen molar-refractivity contribution in [2.45, 2.75) is 6.42 Å². The summed E-state index contributed by atoms with van der Waals surface area (Å²) < 4.78 is 5.07.